The van der Waals surface area contributed by atoms with E-state index in [0.29, 0.717) is 0 Å². The number of hydrogen-bond donors (Lipinski definition) is 3. The van der Waals surface area contributed by atoms with Gasteiger partial charge < -0.3 is 10.8 Å². The summed E-state index contributed by atoms with van der Waals surface area (Å²) in [7, 11) is 0. The maximum absolute atomic E-state index is 10.3. The molecule has 0 heterocycles. The van der Waals surface area contributed by atoms with Crippen molar-refractivity contribution in [2.75, 3.05) is 6.61 Å². The van der Waals surface area contributed by atoms with Gasteiger partial charge in [0.25, 0.3) is 0 Å². The molecule has 2 unspecified atom stereocenters. The molecule has 6 heteroatoms. The molecule has 2 atom stereocenters. The molecule has 0 aliphatic carbocycles. The molecule has 0 radical (unpaired) electrons. The summed E-state index contributed by atoms with van der Waals surface area (Å²) in [4.78, 5) is 14.4. The van der Waals surface area contributed by atoms with Gasteiger partial charge in [-0.25, -0.2) is 10.1 Å². The van der Waals surface area contributed by atoms with Gasteiger partial charge in [0.1, 0.15) is 6.04 Å². The highest BCUT2D eigenvalue weighted by atomic mass is 17.5. The van der Waals surface area contributed by atoms with Crippen molar-refractivity contribution in [1.82, 2.24) is 0 Å². The molecule has 0 saturated heterocycles. The minimum atomic E-state index is -1.05. The van der Waals surface area contributed by atoms with Crippen LogP contribution in [0.2, 0.25) is 0 Å². The fraction of sp³-hybridized carbons (Fsp3) is 0.833. The summed E-state index contributed by atoms with van der Waals surface area (Å²) in [5, 5.41) is 19.6. The van der Waals surface area contributed by atoms with Crippen molar-refractivity contribution in [2.45, 2.75) is 19.4 Å². The van der Waals surface area contributed by atoms with Crippen LogP contribution in [0.5, 0.6) is 0 Å². The van der Waals surface area contributed by atoms with E-state index in [2.05, 4.69) is 9.93 Å². The second-order valence-electron chi connectivity index (χ2n) is 2.64. The van der Waals surface area contributed by atoms with Crippen LogP contribution in [-0.2, 0) is 14.7 Å². The summed E-state index contributed by atoms with van der Waals surface area (Å²) >= 11 is 0. The third kappa shape index (κ3) is 5.03. The molecule has 12 heavy (non-hydrogen) atoms. The van der Waals surface area contributed by atoms with Crippen LogP contribution in [0.3, 0.4) is 0 Å². The van der Waals surface area contributed by atoms with E-state index in [0.717, 1.165) is 0 Å². The molecular weight excluding hydrogens is 166 g/mol. The first kappa shape index (κ1) is 11.3. The molecule has 4 N–H and O–H groups in total. The Labute approximate surface area is 69.7 Å². The lowest BCUT2D eigenvalue weighted by Crippen LogP contribution is -2.32. The Balaban J connectivity index is 3.53. The van der Waals surface area contributed by atoms with Gasteiger partial charge in [-0.3, -0.25) is 4.79 Å². The number of carbonyl (C=O) groups is 1. The Bertz CT molecular complexity index is 140. The van der Waals surface area contributed by atoms with Crippen LogP contribution in [0, 0.1) is 5.92 Å². The highest BCUT2D eigenvalue weighted by Crippen LogP contribution is 2.05. The van der Waals surface area contributed by atoms with Crippen molar-refractivity contribution < 1.29 is 25.1 Å². The third-order valence-corrected chi connectivity index (χ3v) is 1.38. The van der Waals surface area contributed by atoms with Crippen LogP contribution in [0.25, 0.3) is 0 Å². The molecule has 0 rings (SSSR count). The molecule has 72 valence electrons. The normalized spacial score (nSPS) is 15.6. The second kappa shape index (κ2) is 5.90. The summed E-state index contributed by atoms with van der Waals surface area (Å²) in [6.45, 7) is 1.85. The van der Waals surface area contributed by atoms with Crippen molar-refractivity contribution in [2.24, 2.45) is 11.7 Å². The Morgan fingerprint density at radius 2 is 2.25 bits per heavy atom. The lowest BCUT2D eigenvalue weighted by Gasteiger charge is -2.11. The van der Waals surface area contributed by atoms with E-state index in [1.54, 1.807) is 6.92 Å². The monoisotopic (exact) mass is 179 g/mol. The Morgan fingerprint density at radius 3 is 2.67 bits per heavy atom. The first-order valence-electron chi connectivity index (χ1n) is 3.49. The van der Waals surface area contributed by atoms with Crippen molar-refractivity contribution in [3.63, 3.8) is 0 Å². The van der Waals surface area contributed by atoms with E-state index in [4.69, 9.17) is 16.1 Å². The van der Waals surface area contributed by atoms with Crippen molar-refractivity contribution in [3.05, 3.63) is 0 Å². The number of rotatable bonds is 6. The Kier molecular flexibility index (Phi) is 5.56. The van der Waals surface area contributed by atoms with E-state index < -0.39 is 12.0 Å². The molecule has 0 aromatic carbocycles. The maximum Gasteiger partial charge on any atom is 0.320 e. The lowest BCUT2D eigenvalue weighted by atomic mass is 10.0. The highest BCUT2D eigenvalue weighted by Gasteiger charge is 2.15. The standard InChI is InChI=1S/C6H13NO5/c1-4(3-11-12-10)2-5(7)6(8)9/h4-5,10H,2-3,7H2,1H3,(H,8,9). The van der Waals surface area contributed by atoms with E-state index in [-0.39, 0.29) is 18.9 Å². The van der Waals surface area contributed by atoms with Crippen molar-refractivity contribution in [3.8, 4) is 0 Å². The highest BCUT2D eigenvalue weighted by molar-refractivity contribution is 5.72. The Hall–Kier alpha value is -0.690. The number of nitrogens with two attached hydrogens (primary N) is 1. The summed E-state index contributed by atoms with van der Waals surface area (Å²) < 4.78 is 0. The molecule has 0 aliphatic heterocycles. The molecule has 0 fully saturated rings. The van der Waals surface area contributed by atoms with Crippen LogP contribution in [0.4, 0.5) is 0 Å². The van der Waals surface area contributed by atoms with Gasteiger partial charge in [-0.2, -0.15) is 0 Å². The van der Waals surface area contributed by atoms with E-state index in [1.165, 1.54) is 0 Å². The molecule has 6 nitrogen and oxygen atoms in total. The zero-order valence-electron chi connectivity index (χ0n) is 6.77. The van der Waals surface area contributed by atoms with E-state index >= 15 is 0 Å². The largest absolute Gasteiger partial charge is 0.480 e. The molecule has 0 bridgehead atoms. The predicted molar refractivity (Wildman–Crippen MR) is 39.1 cm³/mol. The lowest BCUT2D eigenvalue weighted by molar-refractivity contribution is -0.493. The SMILES string of the molecule is CC(COOO)CC(N)C(=O)O. The minimum absolute atomic E-state index is 0.0803. The zero-order valence-corrected chi connectivity index (χ0v) is 6.77. The third-order valence-electron chi connectivity index (χ3n) is 1.38. The van der Waals surface area contributed by atoms with Gasteiger partial charge in [0.15, 0.2) is 0 Å². The molecule has 0 saturated carbocycles. The van der Waals surface area contributed by atoms with Gasteiger partial charge in [0.2, 0.25) is 0 Å². The molecular formula is C6H13NO5. The Morgan fingerprint density at radius 1 is 1.67 bits per heavy atom. The van der Waals surface area contributed by atoms with Crippen LogP contribution in [0.1, 0.15) is 13.3 Å². The molecule has 0 aromatic rings. The fourth-order valence-electron chi connectivity index (χ4n) is 0.749. The van der Waals surface area contributed by atoms with Gasteiger partial charge in [0.05, 0.1) is 6.61 Å². The second-order valence-corrected chi connectivity index (χ2v) is 2.64. The summed E-state index contributed by atoms with van der Waals surface area (Å²) in [5.74, 6) is -1.13. The average Bonchev–Trinajstić information content (AvgIpc) is 2.00. The molecule has 0 spiro atoms. The molecule has 0 aromatic heterocycles. The summed E-state index contributed by atoms with van der Waals surface area (Å²) in [6.07, 6.45) is 0.276. The van der Waals surface area contributed by atoms with Gasteiger partial charge in [-0.1, -0.05) is 12.0 Å². The first-order valence-corrected chi connectivity index (χ1v) is 3.49. The quantitative estimate of drug-likeness (QED) is 0.387. The van der Waals surface area contributed by atoms with Crippen LogP contribution < -0.4 is 5.73 Å². The zero-order chi connectivity index (χ0) is 9.56. The number of carboxylic acids is 1. The molecule has 0 aliphatic rings. The first-order chi connectivity index (χ1) is 5.57. The van der Waals surface area contributed by atoms with Crippen molar-refractivity contribution in [1.29, 1.82) is 0 Å². The van der Waals surface area contributed by atoms with Gasteiger partial charge in [-0.05, 0) is 12.3 Å². The number of carboxylic acid groups (broad SMARTS) is 1. The van der Waals surface area contributed by atoms with Gasteiger partial charge >= 0.3 is 5.97 Å². The van der Waals surface area contributed by atoms with Crippen LogP contribution in [-0.4, -0.2) is 29.0 Å². The van der Waals surface area contributed by atoms with E-state index in [9.17, 15) is 4.79 Å². The summed E-state index contributed by atoms with van der Waals surface area (Å²) in [6, 6.07) is -0.901. The predicted octanol–water partition coefficient (Wildman–Crippen LogP) is -0.154. The van der Waals surface area contributed by atoms with Crippen molar-refractivity contribution >= 4 is 5.97 Å². The van der Waals surface area contributed by atoms with Gasteiger partial charge in [0, 0.05) is 0 Å². The minimum Gasteiger partial charge on any atom is -0.480 e. The average molecular weight is 179 g/mol. The van der Waals surface area contributed by atoms with Crippen LogP contribution >= 0.6 is 0 Å². The van der Waals surface area contributed by atoms with Gasteiger partial charge in [-0.15, -0.1) is 0 Å². The smallest absolute Gasteiger partial charge is 0.320 e. The topological polar surface area (TPSA) is 102 Å². The van der Waals surface area contributed by atoms with Crippen LogP contribution in [0.15, 0.2) is 0 Å². The number of hydrogen-bond acceptors (Lipinski definition) is 5. The maximum atomic E-state index is 10.3. The van der Waals surface area contributed by atoms with E-state index in [1.807, 2.05) is 0 Å². The summed E-state index contributed by atoms with van der Waals surface area (Å²) in [5.41, 5.74) is 5.23. The fourth-order valence-corrected chi connectivity index (χ4v) is 0.749. The number of aliphatic carboxylic acids is 1. The molecule has 0 amide bonds.